The molecule has 6 nitrogen and oxygen atoms in total. The third kappa shape index (κ3) is 4.06. The number of halogens is 1. The monoisotopic (exact) mass is 344 g/mol. The lowest BCUT2D eigenvalue weighted by Gasteiger charge is -2.14. The number of nitrogens with zero attached hydrogens (tertiary/aromatic N) is 2. The number of rotatable bonds is 5. The standard InChI is InChI=1S/C18H21FN4O2/c1-12-20-6-7-23(12)17-5-3-13(9-16(17)19)10-21-18(25)22-15-4-2-14(8-15)11-24/h2-7,9,14-15,24H,8,10-11H2,1H3,(H2,21,22,25)/t14-,15+/m0/s1. The van der Waals surface area contributed by atoms with Crippen LogP contribution in [0.25, 0.3) is 5.69 Å². The van der Waals surface area contributed by atoms with Crippen molar-refractivity contribution in [1.29, 1.82) is 0 Å². The van der Waals surface area contributed by atoms with Gasteiger partial charge in [0.05, 0.1) is 5.69 Å². The van der Waals surface area contributed by atoms with Crippen molar-refractivity contribution in [2.24, 2.45) is 5.92 Å². The maximum atomic E-state index is 14.3. The number of urea groups is 1. The number of hydrogen-bond donors (Lipinski definition) is 3. The molecule has 2 aromatic rings. The van der Waals surface area contributed by atoms with Gasteiger partial charge in [0.2, 0.25) is 0 Å². The molecule has 0 radical (unpaired) electrons. The van der Waals surface area contributed by atoms with Crippen LogP contribution in [0.2, 0.25) is 0 Å². The largest absolute Gasteiger partial charge is 0.396 e. The first-order valence-corrected chi connectivity index (χ1v) is 8.19. The summed E-state index contributed by atoms with van der Waals surface area (Å²) in [5.74, 6) is 0.429. The lowest BCUT2D eigenvalue weighted by atomic mass is 10.1. The number of aliphatic hydroxyl groups is 1. The van der Waals surface area contributed by atoms with Crippen molar-refractivity contribution < 1.29 is 14.3 Å². The third-order valence-electron chi connectivity index (χ3n) is 4.27. The van der Waals surface area contributed by atoms with E-state index in [1.165, 1.54) is 6.07 Å². The van der Waals surface area contributed by atoms with Crippen molar-refractivity contribution in [2.45, 2.75) is 25.9 Å². The summed E-state index contributed by atoms with van der Waals surface area (Å²) in [5.41, 5.74) is 1.10. The molecule has 0 saturated heterocycles. The fraction of sp³-hybridized carbons (Fsp3) is 0.333. The molecular formula is C18H21FN4O2. The SMILES string of the molecule is Cc1nccn1-c1ccc(CNC(=O)N[C@@H]2C=C[C@H](CO)C2)cc1F. The molecule has 132 valence electrons. The predicted molar refractivity (Wildman–Crippen MR) is 91.8 cm³/mol. The molecule has 1 aromatic heterocycles. The zero-order valence-corrected chi connectivity index (χ0v) is 13.9. The van der Waals surface area contributed by atoms with Gasteiger partial charge in [0, 0.05) is 37.5 Å². The summed E-state index contributed by atoms with van der Waals surface area (Å²) in [6.45, 7) is 2.11. The maximum Gasteiger partial charge on any atom is 0.315 e. The average molecular weight is 344 g/mol. The zero-order valence-electron chi connectivity index (χ0n) is 13.9. The topological polar surface area (TPSA) is 79.2 Å². The Hall–Kier alpha value is -2.67. The first-order chi connectivity index (χ1) is 12.1. The summed E-state index contributed by atoms with van der Waals surface area (Å²) in [6.07, 6.45) is 7.79. The quantitative estimate of drug-likeness (QED) is 0.727. The summed E-state index contributed by atoms with van der Waals surface area (Å²) in [4.78, 5) is 16.0. The van der Waals surface area contributed by atoms with E-state index >= 15 is 0 Å². The van der Waals surface area contributed by atoms with Crippen molar-refractivity contribution in [1.82, 2.24) is 20.2 Å². The molecule has 0 fully saturated rings. The van der Waals surface area contributed by atoms with Gasteiger partial charge < -0.3 is 20.3 Å². The Balaban J connectivity index is 1.55. The second-order valence-corrected chi connectivity index (χ2v) is 6.13. The van der Waals surface area contributed by atoms with Crippen LogP contribution in [0.1, 0.15) is 17.8 Å². The van der Waals surface area contributed by atoms with Gasteiger partial charge in [-0.05, 0) is 31.0 Å². The molecule has 2 atom stereocenters. The molecule has 1 heterocycles. The summed E-state index contributed by atoms with van der Waals surface area (Å²) in [5, 5.41) is 14.6. The van der Waals surface area contributed by atoms with Crippen LogP contribution in [0, 0.1) is 18.7 Å². The number of carbonyl (C=O) groups excluding carboxylic acids is 1. The van der Waals surface area contributed by atoms with Crippen molar-refractivity contribution in [3.63, 3.8) is 0 Å². The first kappa shape index (κ1) is 17.2. The number of aliphatic hydroxyl groups excluding tert-OH is 1. The number of nitrogens with one attached hydrogen (secondary N) is 2. The Morgan fingerprint density at radius 2 is 2.28 bits per heavy atom. The fourth-order valence-corrected chi connectivity index (χ4v) is 2.91. The van der Waals surface area contributed by atoms with Crippen LogP contribution in [0.3, 0.4) is 0 Å². The minimum atomic E-state index is -0.370. The number of aromatic nitrogens is 2. The second-order valence-electron chi connectivity index (χ2n) is 6.13. The van der Waals surface area contributed by atoms with Crippen LogP contribution < -0.4 is 10.6 Å². The highest BCUT2D eigenvalue weighted by atomic mass is 19.1. The second kappa shape index (κ2) is 7.48. The summed E-state index contributed by atoms with van der Waals surface area (Å²) in [6, 6.07) is 4.45. The van der Waals surface area contributed by atoms with E-state index < -0.39 is 0 Å². The van der Waals surface area contributed by atoms with Gasteiger partial charge in [-0.25, -0.2) is 14.2 Å². The normalized spacial score (nSPS) is 19.2. The van der Waals surface area contributed by atoms with E-state index in [0.29, 0.717) is 23.5 Å². The summed E-state index contributed by atoms with van der Waals surface area (Å²) >= 11 is 0. The number of carbonyl (C=O) groups is 1. The van der Waals surface area contributed by atoms with Gasteiger partial charge in [-0.15, -0.1) is 0 Å². The highest BCUT2D eigenvalue weighted by molar-refractivity contribution is 5.74. The zero-order chi connectivity index (χ0) is 17.8. The lowest BCUT2D eigenvalue weighted by molar-refractivity contribution is 0.231. The van der Waals surface area contributed by atoms with E-state index in [9.17, 15) is 9.18 Å². The van der Waals surface area contributed by atoms with E-state index in [-0.39, 0.29) is 37.0 Å². The molecule has 7 heteroatoms. The predicted octanol–water partition coefficient (Wildman–Crippen LogP) is 2.06. The number of benzene rings is 1. The van der Waals surface area contributed by atoms with Crippen LogP contribution in [-0.4, -0.2) is 33.3 Å². The lowest BCUT2D eigenvalue weighted by Crippen LogP contribution is -2.40. The van der Waals surface area contributed by atoms with Crippen LogP contribution >= 0.6 is 0 Å². The van der Waals surface area contributed by atoms with Crippen LogP contribution in [-0.2, 0) is 6.54 Å². The van der Waals surface area contributed by atoms with Crippen molar-refractivity contribution in [3.8, 4) is 5.69 Å². The number of amides is 2. The van der Waals surface area contributed by atoms with Crippen LogP contribution in [0.15, 0.2) is 42.7 Å². The van der Waals surface area contributed by atoms with E-state index in [1.807, 2.05) is 12.2 Å². The molecule has 0 spiro atoms. The molecule has 2 amide bonds. The fourth-order valence-electron chi connectivity index (χ4n) is 2.91. The highest BCUT2D eigenvalue weighted by Crippen LogP contribution is 2.18. The van der Waals surface area contributed by atoms with Gasteiger partial charge in [-0.2, -0.15) is 0 Å². The van der Waals surface area contributed by atoms with E-state index in [4.69, 9.17) is 5.11 Å². The number of aryl methyl sites for hydroxylation is 1. The van der Waals surface area contributed by atoms with Gasteiger partial charge >= 0.3 is 6.03 Å². The Kier molecular flexibility index (Phi) is 5.14. The minimum Gasteiger partial charge on any atom is -0.396 e. The average Bonchev–Trinajstić information content (AvgIpc) is 3.22. The molecule has 25 heavy (non-hydrogen) atoms. The van der Waals surface area contributed by atoms with Crippen LogP contribution in [0.5, 0.6) is 0 Å². The molecule has 1 aliphatic rings. The van der Waals surface area contributed by atoms with Gasteiger partial charge in [0.25, 0.3) is 0 Å². The molecule has 1 aromatic carbocycles. The van der Waals surface area contributed by atoms with Crippen molar-refractivity contribution in [3.05, 3.63) is 59.9 Å². The van der Waals surface area contributed by atoms with E-state index in [1.54, 1.807) is 36.0 Å². The Morgan fingerprint density at radius 1 is 1.44 bits per heavy atom. The summed E-state index contributed by atoms with van der Waals surface area (Å²) < 4.78 is 16.0. The Labute approximate surface area is 145 Å². The molecule has 3 N–H and O–H groups in total. The molecule has 0 unspecified atom stereocenters. The Morgan fingerprint density at radius 3 is 2.92 bits per heavy atom. The Bertz CT molecular complexity index is 787. The van der Waals surface area contributed by atoms with E-state index in [0.717, 1.165) is 0 Å². The smallest absolute Gasteiger partial charge is 0.315 e. The number of imidazole rings is 1. The highest BCUT2D eigenvalue weighted by Gasteiger charge is 2.19. The van der Waals surface area contributed by atoms with Gasteiger partial charge in [0.1, 0.15) is 11.6 Å². The van der Waals surface area contributed by atoms with Gasteiger partial charge in [-0.3, -0.25) is 0 Å². The maximum absolute atomic E-state index is 14.3. The first-order valence-electron chi connectivity index (χ1n) is 8.19. The third-order valence-corrected chi connectivity index (χ3v) is 4.27. The molecule has 1 aliphatic carbocycles. The van der Waals surface area contributed by atoms with Crippen molar-refractivity contribution >= 4 is 6.03 Å². The minimum absolute atomic E-state index is 0.0817. The van der Waals surface area contributed by atoms with E-state index in [2.05, 4.69) is 15.6 Å². The van der Waals surface area contributed by atoms with Gasteiger partial charge in [-0.1, -0.05) is 18.2 Å². The summed E-state index contributed by atoms with van der Waals surface area (Å²) in [7, 11) is 0. The molecule has 0 aliphatic heterocycles. The number of hydrogen-bond acceptors (Lipinski definition) is 3. The molecular weight excluding hydrogens is 323 g/mol. The van der Waals surface area contributed by atoms with Crippen molar-refractivity contribution in [2.75, 3.05) is 6.61 Å². The van der Waals surface area contributed by atoms with Crippen LogP contribution in [0.4, 0.5) is 9.18 Å². The molecule has 3 rings (SSSR count). The molecule has 0 saturated carbocycles. The van der Waals surface area contributed by atoms with Gasteiger partial charge in [0.15, 0.2) is 0 Å². The molecule has 0 bridgehead atoms.